The second kappa shape index (κ2) is 9.84. The molecule has 10 nitrogen and oxygen atoms in total. The number of fused-ring (bicyclic) bond motifs is 2. The Labute approximate surface area is 218 Å². The molecule has 12 heteroatoms. The molecule has 6 heterocycles. The third-order valence-electron chi connectivity index (χ3n) is 7.68. The van der Waals surface area contributed by atoms with Crippen LogP contribution >= 0.6 is 0 Å². The van der Waals surface area contributed by atoms with E-state index in [0.717, 1.165) is 57.4 Å². The largest absolute Gasteiger partial charge is 0.379 e. The highest BCUT2D eigenvalue weighted by atomic mass is 19.3. The van der Waals surface area contributed by atoms with Crippen LogP contribution in [0.3, 0.4) is 0 Å². The van der Waals surface area contributed by atoms with Crippen molar-refractivity contribution in [3.05, 3.63) is 47.9 Å². The average molecular weight is 525 g/mol. The number of likely N-dealkylation sites (tertiary alicyclic amines) is 1. The number of aromatic nitrogens is 5. The standard InChI is InChI=1S/C26H30F2N8O2/c27-25(28)26-29-20-3-1-2-4-21(20)35(26)22-14-24(34-7-11-38-12-8-34)36-23(30-22)13-18(31-36)15-32-16-19(17-32)33-5-9-37-10-6-33/h1-4,13-14,19,25H,5-12,15-17H2. The second-order valence-corrected chi connectivity index (χ2v) is 10.1. The zero-order valence-corrected chi connectivity index (χ0v) is 21.0. The van der Waals surface area contributed by atoms with Crippen LogP contribution in [0.15, 0.2) is 36.4 Å². The molecule has 0 atom stereocenters. The number of hydrogen-bond donors (Lipinski definition) is 0. The van der Waals surface area contributed by atoms with Gasteiger partial charge in [0.1, 0.15) is 11.6 Å². The van der Waals surface area contributed by atoms with Gasteiger partial charge in [0.15, 0.2) is 11.5 Å². The molecule has 0 unspecified atom stereocenters. The minimum absolute atomic E-state index is 0.314. The van der Waals surface area contributed by atoms with Gasteiger partial charge in [-0.25, -0.2) is 18.7 Å². The highest BCUT2D eigenvalue weighted by molar-refractivity contribution is 5.78. The summed E-state index contributed by atoms with van der Waals surface area (Å²) in [7, 11) is 0. The smallest absolute Gasteiger partial charge is 0.296 e. The third-order valence-corrected chi connectivity index (χ3v) is 7.68. The zero-order chi connectivity index (χ0) is 25.6. The average Bonchev–Trinajstić information content (AvgIpc) is 3.52. The van der Waals surface area contributed by atoms with Crippen LogP contribution in [0.2, 0.25) is 0 Å². The molecular formula is C26H30F2N8O2. The molecule has 0 amide bonds. The summed E-state index contributed by atoms with van der Waals surface area (Å²) in [6.07, 6.45) is -2.74. The first-order valence-electron chi connectivity index (χ1n) is 13.2. The Morgan fingerprint density at radius 2 is 1.66 bits per heavy atom. The van der Waals surface area contributed by atoms with Crippen LogP contribution in [0.1, 0.15) is 17.9 Å². The number of halogens is 2. The SMILES string of the molecule is FC(F)c1nc2ccccc2n1-c1cc(N2CCOCC2)n2nc(CN3CC(N4CCOCC4)C3)cc2n1. The van der Waals surface area contributed by atoms with Crippen molar-refractivity contribution in [2.75, 3.05) is 70.6 Å². The number of benzene rings is 1. The molecule has 38 heavy (non-hydrogen) atoms. The summed E-state index contributed by atoms with van der Waals surface area (Å²) in [5.74, 6) is 0.906. The van der Waals surface area contributed by atoms with Crippen LogP contribution in [0.5, 0.6) is 0 Å². The van der Waals surface area contributed by atoms with Gasteiger partial charge in [-0.2, -0.15) is 9.61 Å². The Morgan fingerprint density at radius 3 is 2.42 bits per heavy atom. The molecular weight excluding hydrogens is 494 g/mol. The Bertz CT molecular complexity index is 1440. The van der Waals surface area contributed by atoms with Gasteiger partial charge in [0.05, 0.1) is 43.2 Å². The summed E-state index contributed by atoms with van der Waals surface area (Å²) in [4.78, 5) is 16.1. The zero-order valence-electron chi connectivity index (χ0n) is 21.0. The number of ether oxygens (including phenoxy) is 2. The Morgan fingerprint density at radius 1 is 0.921 bits per heavy atom. The maximum absolute atomic E-state index is 14.1. The number of rotatable bonds is 6. The van der Waals surface area contributed by atoms with Gasteiger partial charge in [-0.05, 0) is 12.1 Å². The van der Waals surface area contributed by atoms with Crippen LogP contribution < -0.4 is 4.90 Å². The minimum atomic E-state index is -2.74. The molecule has 1 aromatic carbocycles. The van der Waals surface area contributed by atoms with Crippen molar-refractivity contribution in [3.63, 3.8) is 0 Å². The topological polar surface area (TPSA) is 76.2 Å². The molecule has 3 aliphatic rings. The van der Waals surface area contributed by atoms with E-state index in [1.54, 1.807) is 18.2 Å². The monoisotopic (exact) mass is 524 g/mol. The third kappa shape index (κ3) is 4.31. The van der Waals surface area contributed by atoms with Gasteiger partial charge in [-0.3, -0.25) is 14.4 Å². The fourth-order valence-corrected chi connectivity index (χ4v) is 5.71. The first kappa shape index (κ1) is 23.9. The Balaban J connectivity index is 1.24. The van der Waals surface area contributed by atoms with Crippen LogP contribution in [0.25, 0.3) is 22.5 Å². The predicted octanol–water partition coefficient (Wildman–Crippen LogP) is 2.36. The fourth-order valence-electron chi connectivity index (χ4n) is 5.71. The molecule has 0 bridgehead atoms. The predicted molar refractivity (Wildman–Crippen MR) is 137 cm³/mol. The molecule has 3 aliphatic heterocycles. The molecule has 3 aromatic heterocycles. The Kier molecular flexibility index (Phi) is 6.19. The summed E-state index contributed by atoms with van der Waals surface area (Å²) in [6.45, 7) is 8.89. The van der Waals surface area contributed by atoms with Gasteiger partial charge < -0.3 is 14.4 Å². The number of anilines is 1. The lowest BCUT2D eigenvalue weighted by Gasteiger charge is -2.46. The summed E-state index contributed by atoms with van der Waals surface area (Å²) < 4.78 is 42.6. The Hall–Kier alpha value is -3.19. The van der Waals surface area contributed by atoms with E-state index in [1.165, 1.54) is 4.57 Å². The number of imidazole rings is 1. The van der Waals surface area contributed by atoms with Crippen molar-refractivity contribution in [1.29, 1.82) is 0 Å². The van der Waals surface area contributed by atoms with Crippen molar-refractivity contribution in [3.8, 4) is 5.82 Å². The summed E-state index contributed by atoms with van der Waals surface area (Å²) in [5, 5.41) is 4.91. The summed E-state index contributed by atoms with van der Waals surface area (Å²) in [6, 6.07) is 11.5. The van der Waals surface area contributed by atoms with Crippen molar-refractivity contribution in [2.24, 2.45) is 0 Å². The van der Waals surface area contributed by atoms with Crippen LogP contribution in [0.4, 0.5) is 14.6 Å². The van der Waals surface area contributed by atoms with Crippen LogP contribution in [0, 0.1) is 0 Å². The molecule has 0 spiro atoms. The fraction of sp³-hybridized carbons (Fsp3) is 0.500. The molecule has 3 saturated heterocycles. The lowest BCUT2D eigenvalue weighted by atomic mass is 10.1. The number of alkyl halides is 2. The van der Waals surface area contributed by atoms with E-state index in [0.29, 0.717) is 54.8 Å². The van der Waals surface area contributed by atoms with E-state index < -0.39 is 6.43 Å². The second-order valence-electron chi connectivity index (χ2n) is 10.1. The quantitative estimate of drug-likeness (QED) is 0.381. The summed E-state index contributed by atoms with van der Waals surface area (Å²) >= 11 is 0. The molecule has 3 fully saturated rings. The van der Waals surface area contributed by atoms with Gasteiger partial charge in [0.25, 0.3) is 6.43 Å². The van der Waals surface area contributed by atoms with E-state index >= 15 is 0 Å². The van der Waals surface area contributed by atoms with Gasteiger partial charge >= 0.3 is 0 Å². The molecule has 0 N–H and O–H groups in total. The van der Waals surface area contributed by atoms with E-state index in [-0.39, 0.29) is 5.82 Å². The molecule has 4 aromatic rings. The first-order chi connectivity index (χ1) is 18.6. The molecule has 0 radical (unpaired) electrons. The highest BCUT2D eigenvalue weighted by Gasteiger charge is 2.33. The van der Waals surface area contributed by atoms with Gasteiger partial charge in [-0.15, -0.1) is 0 Å². The van der Waals surface area contributed by atoms with E-state index in [1.807, 2.05) is 22.7 Å². The maximum atomic E-state index is 14.1. The van der Waals surface area contributed by atoms with Crippen molar-refractivity contribution >= 4 is 22.5 Å². The van der Waals surface area contributed by atoms with Crippen molar-refractivity contribution in [2.45, 2.75) is 19.0 Å². The maximum Gasteiger partial charge on any atom is 0.296 e. The van der Waals surface area contributed by atoms with Gasteiger partial charge in [0.2, 0.25) is 0 Å². The van der Waals surface area contributed by atoms with Crippen LogP contribution in [-0.2, 0) is 16.0 Å². The van der Waals surface area contributed by atoms with Crippen molar-refractivity contribution < 1.29 is 18.3 Å². The van der Waals surface area contributed by atoms with Gasteiger partial charge in [0, 0.05) is 64.0 Å². The number of nitrogens with zero attached hydrogens (tertiary/aromatic N) is 8. The van der Waals surface area contributed by atoms with E-state index in [4.69, 9.17) is 19.6 Å². The number of para-hydroxylation sites is 2. The number of morpholine rings is 2. The molecule has 200 valence electrons. The molecule has 7 rings (SSSR count). The summed E-state index contributed by atoms with van der Waals surface area (Å²) in [5.41, 5.74) is 2.65. The highest BCUT2D eigenvalue weighted by Crippen LogP contribution is 2.30. The van der Waals surface area contributed by atoms with Crippen LogP contribution in [-0.4, -0.2) is 106 Å². The lowest BCUT2D eigenvalue weighted by molar-refractivity contribution is -0.0347. The molecule has 0 saturated carbocycles. The van der Waals surface area contributed by atoms with Gasteiger partial charge in [-0.1, -0.05) is 12.1 Å². The van der Waals surface area contributed by atoms with Crippen molar-refractivity contribution in [1.82, 2.24) is 33.9 Å². The lowest BCUT2D eigenvalue weighted by Crippen LogP contribution is -2.60. The number of hydrogen-bond acceptors (Lipinski definition) is 8. The first-order valence-corrected chi connectivity index (χ1v) is 13.2. The minimum Gasteiger partial charge on any atom is -0.379 e. The van der Waals surface area contributed by atoms with E-state index in [2.05, 4.69) is 19.7 Å². The molecule has 0 aliphatic carbocycles. The van der Waals surface area contributed by atoms with E-state index in [9.17, 15) is 8.78 Å². The normalized spacial score (nSPS) is 20.1.